The molecule has 1 aromatic carbocycles. The van der Waals surface area contributed by atoms with Gasteiger partial charge in [-0.3, -0.25) is 4.79 Å². The lowest BCUT2D eigenvalue weighted by atomic mass is 9.77. The van der Waals surface area contributed by atoms with E-state index in [2.05, 4.69) is 5.92 Å². The predicted octanol–water partition coefficient (Wildman–Crippen LogP) is 2.82. The third-order valence-electron chi connectivity index (χ3n) is 4.48. The zero-order valence-corrected chi connectivity index (χ0v) is 15.5. The van der Waals surface area contributed by atoms with Gasteiger partial charge >= 0.3 is 5.97 Å². The molecule has 2 aliphatic rings. The second-order valence-corrected chi connectivity index (χ2v) is 6.53. The Balaban J connectivity index is 2.24. The van der Waals surface area contributed by atoms with Gasteiger partial charge in [0.25, 0.3) is 0 Å². The SMILES string of the molecule is C#CCOc1ccc(Cl)cc1[C@@H]1C(C(=O)OC)=C(N)OC2=C1C(=O)CCC2. The number of ketones is 1. The molecular formula is C20H18ClNO5. The van der Waals surface area contributed by atoms with Gasteiger partial charge in [-0.05, 0) is 24.6 Å². The molecule has 0 fully saturated rings. The molecule has 1 aliphatic heterocycles. The lowest BCUT2D eigenvalue weighted by Gasteiger charge is -2.33. The molecule has 1 aromatic rings. The first kappa shape index (κ1) is 18.9. The van der Waals surface area contributed by atoms with Crippen molar-refractivity contribution in [3.05, 3.63) is 51.6 Å². The number of rotatable bonds is 4. The van der Waals surface area contributed by atoms with Crippen LogP contribution in [0.3, 0.4) is 0 Å². The van der Waals surface area contributed by atoms with E-state index >= 15 is 0 Å². The van der Waals surface area contributed by atoms with Crippen LogP contribution in [0.1, 0.15) is 30.7 Å². The average molecular weight is 388 g/mol. The van der Waals surface area contributed by atoms with Gasteiger partial charge in [0.2, 0.25) is 5.88 Å². The number of nitrogens with two attached hydrogens (primary N) is 1. The first-order valence-electron chi connectivity index (χ1n) is 8.35. The number of Topliss-reactive ketones (excluding diaryl/α,β-unsaturated/α-hetero) is 1. The lowest BCUT2D eigenvalue weighted by Crippen LogP contribution is -2.31. The van der Waals surface area contributed by atoms with Crippen molar-refractivity contribution < 1.29 is 23.8 Å². The van der Waals surface area contributed by atoms with Gasteiger partial charge in [0, 0.05) is 29.0 Å². The van der Waals surface area contributed by atoms with Crippen LogP contribution in [0.4, 0.5) is 0 Å². The summed E-state index contributed by atoms with van der Waals surface area (Å²) in [5, 5.41) is 0.415. The van der Waals surface area contributed by atoms with Crippen LogP contribution in [0.2, 0.25) is 5.02 Å². The Kier molecular flexibility index (Phi) is 5.43. The largest absolute Gasteiger partial charge is 0.481 e. The molecule has 0 spiro atoms. The van der Waals surface area contributed by atoms with E-state index in [9.17, 15) is 9.59 Å². The summed E-state index contributed by atoms with van der Waals surface area (Å²) in [6, 6.07) is 4.91. The number of esters is 1. The molecule has 1 heterocycles. The molecule has 0 radical (unpaired) electrons. The van der Waals surface area contributed by atoms with Crippen molar-refractivity contribution in [2.24, 2.45) is 5.73 Å². The summed E-state index contributed by atoms with van der Waals surface area (Å²) in [5.41, 5.74) is 6.95. The van der Waals surface area contributed by atoms with Gasteiger partial charge in [0.05, 0.1) is 13.0 Å². The molecule has 0 unspecified atom stereocenters. The molecule has 1 atom stereocenters. The van der Waals surface area contributed by atoms with Crippen molar-refractivity contribution in [3.8, 4) is 18.1 Å². The summed E-state index contributed by atoms with van der Waals surface area (Å²) < 4.78 is 16.1. The van der Waals surface area contributed by atoms with E-state index < -0.39 is 11.9 Å². The van der Waals surface area contributed by atoms with E-state index in [0.29, 0.717) is 46.9 Å². The summed E-state index contributed by atoms with van der Waals surface area (Å²) in [5.74, 6) is 1.56. The number of terminal acetylenes is 1. The summed E-state index contributed by atoms with van der Waals surface area (Å²) in [7, 11) is 1.24. The molecule has 1 aliphatic carbocycles. The van der Waals surface area contributed by atoms with E-state index in [0.717, 1.165) is 0 Å². The van der Waals surface area contributed by atoms with Crippen molar-refractivity contribution >= 4 is 23.4 Å². The maximum Gasteiger partial charge on any atom is 0.340 e. The summed E-state index contributed by atoms with van der Waals surface area (Å²) in [6.07, 6.45) is 6.85. The fraction of sp³-hybridized carbons (Fsp3) is 0.300. The number of methoxy groups -OCH3 is 1. The molecule has 7 heteroatoms. The smallest absolute Gasteiger partial charge is 0.340 e. The summed E-state index contributed by atoms with van der Waals surface area (Å²) in [6.45, 7) is 0.0183. The minimum absolute atomic E-state index is 0.0183. The maximum absolute atomic E-state index is 12.7. The minimum atomic E-state index is -0.805. The van der Waals surface area contributed by atoms with E-state index in [1.807, 2.05) is 0 Å². The predicted molar refractivity (Wildman–Crippen MR) is 98.7 cm³/mol. The fourth-order valence-corrected chi connectivity index (χ4v) is 3.55. The van der Waals surface area contributed by atoms with Gasteiger partial charge in [-0.15, -0.1) is 6.42 Å². The van der Waals surface area contributed by atoms with Crippen molar-refractivity contribution in [1.82, 2.24) is 0 Å². The number of hydrogen-bond acceptors (Lipinski definition) is 6. The van der Waals surface area contributed by atoms with Gasteiger partial charge < -0.3 is 19.9 Å². The molecule has 27 heavy (non-hydrogen) atoms. The maximum atomic E-state index is 12.7. The molecule has 0 saturated heterocycles. The third kappa shape index (κ3) is 3.51. The number of carbonyl (C=O) groups excluding carboxylic acids is 2. The van der Waals surface area contributed by atoms with Crippen LogP contribution in [0.5, 0.6) is 5.75 Å². The topological polar surface area (TPSA) is 87.8 Å². The molecule has 0 aromatic heterocycles. The van der Waals surface area contributed by atoms with E-state index in [4.69, 9.17) is 38.0 Å². The van der Waals surface area contributed by atoms with Gasteiger partial charge in [-0.25, -0.2) is 4.79 Å². The fourth-order valence-electron chi connectivity index (χ4n) is 3.37. The zero-order valence-electron chi connectivity index (χ0n) is 14.7. The lowest BCUT2D eigenvalue weighted by molar-refractivity contribution is -0.136. The first-order chi connectivity index (χ1) is 13.0. The first-order valence-corrected chi connectivity index (χ1v) is 8.73. The Morgan fingerprint density at radius 3 is 2.93 bits per heavy atom. The molecule has 0 saturated carbocycles. The Morgan fingerprint density at radius 2 is 2.22 bits per heavy atom. The van der Waals surface area contributed by atoms with E-state index in [1.54, 1.807) is 18.2 Å². The average Bonchev–Trinajstić information content (AvgIpc) is 2.65. The molecule has 140 valence electrons. The highest BCUT2D eigenvalue weighted by Gasteiger charge is 2.42. The summed E-state index contributed by atoms with van der Waals surface area (Å²) in [4.78, 5) is 25.2. The van der Waals surface area contributed by atoms with Gasteiger partial charge in [-0.1, -0.05) is 17.5 Å². The van der Waals surface area contributed by atoms with Crippen LogP contribution < -0.4 is 10.5 Å². The number of halogens is 1. The van der Waals surface area contributed by atoms with Crippen molar-refractivity contribution in [1.29, 1.82) is 0 Å². The zero-order chi connectivity index (χ0) is 19.6. The summed E-state index contributed by atoms with van der Waals surface area (Å²) >= 11 is 6.19. The molecule has 6 nitrogen and oxygen atoms in total. The Labute approximate surface area is 161 Å². The minimum Gasteiger partial charge on any atom is -0.481 e. The number of ether oxygens (including phenoxy) is 3. The monoisotopic (exact) mass is 387 g/mol. The van der Waals surface area contributed by atoms with Gasteiger partial charge in [-0.2, -0.15) is 0 Å². The Hall–Kier alpha value is -2.91. The highest BCUT2D eigenvalue weighted by atomic mass is 35.5. The van der Waals surface area contributed by atoms with Gasteiger partial charge in [0.1, 0.15) is 23.7 Å². The quantitative estimate of drug-likeness (QED) is 0.631. The third-order valence-corrected chi connectivity index (χ3v) is 4.72. The molecule has 0 amide bonds. The van der Waals surface area contributed by atoms with Crippen LogP contribution in [0, 0.1) is 12.3 Å². The van der Waals surface area contributed by atoms with Crippen molar-refractivity contribution in [2.75, 3.05) is 13.7 Å². The molecule has 0 bridgehead atoms. The second kappa shape index (κ2) is 7.77. The molecular weight excluding hydrogens is 370 g/mol. The van der Waals surface area contributed by atoms with Crippen LogP contribution >= 0.6 is 11.6 Å². The Morgan fingerprint density at radius 1 is 1.44 bits per heavy atom. The van der Waals surface area contributed by atoms with Crippen LogP contribution in [-0.2, 0) is 19.1 Å². The number of benzene rings is 1. The normalized spacial score (nSPS) is 19.1. The van der Waals surface area contributed by atoms with E-state index in [1.165, 1.54) is 7.11 Å². The number of hydrogen-bond donors (Lipinski definition) is 1. The molecule has 2 N–H and O–H groups in total. The highest BCUT2D eigenvalue weighted by Crippen LogP contribution is 2.47. The van der Waals surface area contributed by atoms with E-state index in [-0.39, 0.29) is 23.8 Å². The number of allylic oxidation sites excluding steroid dienone is 2. The van der Waals surface area contributed by atoms with Crippen LogP contribution in [-0.4, -0.2) is 25.5 Å². The highest BCUT2D eigenvalue weighted by molar-refractivity contribution is 6.30. The van der Waals surface area contributed by atoms with Gasteiger partial charge in [0.15, 0.2) is 5.78 Å². The second-order valence-electron chi connectivity index (χ2n) is 6.09. The Bertz CT molecular complexity index is 909. The van der Waals surface area contributed by atoms with Crippen LogP contribution in [0.15, 0.2) is 41.0 Å². The standard InChI is InChI=1S/C20H18ClNO5/c1-3-9-26-14-8-7-11(21)10-12(14)16-17-13(23)5-4-6-15(17)27-19(22)18(16)20(24)25-2/h1,7-8,10,16H,4-6,9,22H2,2H3/t16-/m0/s1. The van der Waals surface area contributed by atoms with Crippen molar-refractivity contribution in [2.45, 2.75) is 25.2 Å². The van der Waals surface area contributed by atoms with Crippen LogP contribution in [0.25, 0.3) is 0 Å². The molecule has 3 rings (SSSR count). The number of carbonyl (C=O) groups is 2. The van der Waals surface area contributed by atoms with Crippen molar-refractivity contribution in [3.63, 3.8) is 0 Å².